The highest BCUT2D eigenvalue weighted by Crippen LogP contribution is 2.22. The van der Waals surface area contributed by atoms with Crippen molar-refractivity contribution in [3.8, 4) is 5.75 Å². The number of para-hydroxylation sites is 1. The molecule has 0 saturated carbocycles. The van der Waals surface area contributed by atoms with Gasteiger partial charge in [-0.15, -0.1) is 0 Å². The van der Waals surface area contributed by atoms with E-state index in [1.165, 1.54) is 44.9 Å². The normalized spacial score (nSPS) is 11.5. The first-order valence-electron chi connectivity index (χ1n) is 9.04. The Kier molecular flexibility index (Phi) is 7.65. The van der Waals surface area contributed by atoms with Gasteiger partial charge in [0.15, 0.2) is 0 Å². The second kappa shape index (κ2) is 10.0. The molecule has 2 nitrogen and oxygen atoms in total. The highest BCUT2D eigenvalue weighted by atomic mass is 16.3. The van der Waals surface area contributed by atoms with Crippen LogP contribution in [0.2, 0.25) is 0 Å². The number of phenols is 1. The molecule has 0 amide bonds. The number of rotatable bonds is 10. The van der Waals surface area contributed by atoms with Crippen LogP contribution in [0.4, 0.5) is 0 Å². The van der Waals surface area contributed by atoms with Crippen molar-refractivity contribution in [2.45, 2.75) is 64.7 Å². The molecule has 0 atom stereocenters. The first kappa shape index (κ1) is 17.5. The number of fused-ring (bicyclic) bond motifs is 1. The fourth-order valence-corrected chi connectivity index (χ4v) is 2.83. The van der Waals surface area contributed by atoms with Crippen LogP contribution >= 0.6 is 0 Å². The van der Waals surface area contributed by atoms with Crippen molar-refractivity contribution in [3.63, 3.8) is 0 Å². The van der Waals surface area contributed by atoms with Gasteiger partial charge in [0.05, 0.1) is 0 Å². The van der Waals surface area contributed by atoms with Gasteiger partial charge >= 0.3 is 0 Å². The van der Waals surface area contributed by atoms with Crippen molar-refractivity contribution in [2.24, 2.45) is 0 Å². The lowest BCUT2D eigenvalue weighted by molar-refractivity contribution is 0.480. The first-order valence-corrected chi connectivity index (χ1v) is 9.04. The minimum atomic E-state index is 0.261. The van der Waals surface area contributed by atoms with Gasteiger partial charge in [-0.25, -0.2) is 4.98 Å². The van der Waals surface area contributed by atoms with E-state index in [2.05, 4.69) is 24.1 Å². The third kappa shape index (κ3) is 6.05. The number of aromatic hydroxyl groups is 1. The smallest absolute Gasteiger partial charge is 0.141 e. The van der Waals surface area contributed by atoms with Gasteiger partial charge in [0.25, 0.3) is 0 Å². The van der Waals surface area contributed by atoms with Crippen molar-refractivity contribution >= 4 is 10.9 Å². The lowest BCUT2D eigenvalue weighted by Gasteiger charge is -2.02. The molecule has 0 radical (unpaired) electrons. The lowest BCUT2D eigenvalue weighted by atomic mass is 10.1. The summed E-state index contributed by atoms with van der Waals surface area (Å²) in [5.74, 6) is 0.261. The minimum absolute atomic E-state index is 0.261. The predicted molar refractivity (Wildman–Crippen MR) is 98.9 cm³/mol. The molecule has 2 rings (SSSR count). The van der Waals surface area contributed by atoms with E-state index in [0.717, 1.165) is 23.9 Å². The van der Waals surface area contributed by atoms with Crippen LogP contribution in [0.1, 0.15) is 64.0 Å². The summed E-state index contributed by atoms with van der Waals surface area (Å²) in [5.41, 5.74) is 1.71. The molecule has 1 N–H and O–H groups in total. The largest absolute Gasteiger partial charge is 0.506 e. The summed E-state index contributed by atoms with van der Waals surface area (Å²) in [6.07, 6.45) is 16.0. The maximum absolute atomic E-state index is 9.86. The fourth-order valence-electron chi connectivity index (χ4n) is 2.83. The topological polar surface area (TPSA) is 33.1 Å². The summed E-state index contributed by atoms with van der Waals surface area (Å²) in [7, 11) is 0. The van der Waals surface area contributed by atoms with Crippen molar-refractivity contribution in [2.75, 3.05) is 0 Å². The molecule has 0 aliphatic rings. The van der Waals surface area contributed by atoms with Gasteiger partial charge in [0.2, 0.25) is 0 Å². The van der Waals surface area contributed by atoms with Crippen LogP contribution in [-0.2, 0) is 6.42 Å². The summed E-state index contributed by atoms with van der Waals surface area (Å²) in [6, 6.07) is 9.58. The van der Waals surface area contributed by atoms with Gasteiger partial charge in [0.1, 0.15) is 11.3 Å². The molecular weight excluding hydrogens is 282 g/mol. The standard InChI is InChI=1S/C21H29NO/c1-2-3-4-5-6-7-8-9-10-11-14-19-17-16-18-13-12-15-20(23)21(18)22-19/h10-13,15-17,23H,2-9,14H2,1H3. The average molecular weight is 311 g/mol. The highest BCUT2D eigenvalue weighted by molar-refractivity contribution is 5.84. The fraction of sp³-hybridized carbons (Fsp3) is 0.476. The van der Waals surface area contributed by atoms with Crippen molar-refractivity contribution in [3.05, 3.63) is 48.2 Å². The predicted octanol–water partition coefficient (Wildman–Crippen LogP) is 6.18. The van der Waals surface area contributed by atoms with Crippen LogP contribution in [0.5, 0.6) is 5.75 Å². The second-order valence-corrected chi connectivity index (χ2v) is 6.24. The number of aromatic nitrogens is 1. The Morgan fingerprint density at radius 3 is 2.52 bits per heavy atom. The van der Waals surface area contributed by atoms with E-state index < -0.39 is 0 Å². The van der Waals surface area contributed by atoms with Gasteiger partial charge in [0, 0.05) is 17.5 Å². The number of phenolic OH excluding ortho intramolecular Hbond substituents is 1. The van der Waals surface area contributed by atoms with Crippen molar-refractivity contribution in [1.82, 2.24) is 4.98 Å². The maximum Gasteiger partial charge on any atom is 0.141 e. The Hall–Kier alpha value is -1.83. The number of unbranched alkanes of at least 4 members (excludes halogenated alkanes) is 7. The van der Waals surface area contributed by atoms with Crippen LogP contribution < -0.4 is 0 Å². The Morgan fingerprint density at radius 2 is 1.70 bits per heavy atom. The molecule has 2 heteroatoms. The Labute approximate surface area is 140 Å². The second-order valence-electron chi connectivity index (χ2n) is 6.24. The van der Waals surface area contributed by atoms with Crippen molar-refractivity contribution < 1.29 is 5.11 Å². The molecule has 0 saturated heterocycles. The summed E-state index contributed by atoms with van der Waals surface area (Å²) in [6.45, 7) is 2.26. The Balaban J connectivity index is 1.68. The zero-order valence-electron chi connectivity index (χ0n) is 14.3. The van der Waals surface area contributed by atoms with Gasteiger partial charge in [-0.1, -0.05) is 75.8 Å². The van der Waals surface area contributed by atoms with E-state index in [1.807, 2.05) is 24.3 Å². The van der Waals surface area contributed by atoms with Crippen LogP contribution in [0.3, 0.4) is 0 Å². The van der Waals surface area contributed by atoms with Crippen LogP contribution in [-0.4, -0.2) is 10.1 Å². The molecule has 0 bridgehead atoms. The third-order valence-corrected chi connectivity index (χ3v) is 4.22. The molecule has 2 aromatic rings. The minimum Gasteiger partial charge on any atom is -0.506 e. The lowest BCUT2D eigenvalue weighted by Crippen LogP contribution is -1.88. The van der Waals surface area contributed by atoms with E-state index in [1.54, 1.807) is 6.07 Å². The first-order chi connectivity index (χ1) is 11.3. The monoisotopic (exact) mass is 311 g/mol. The molecule has 0 aliphatic heterocycles. The molecule has 0 spiro atoms. The number of hydrogen-bond acceptors (Lipinski definition) is 2. The molecule has 1 aromatic heterocycles. The van der Waals surface area contributed by atoms with Crippen LogP contribution in [0, 0.1) is 0 Å². The molecule has 0 fully saturated rings. The molecule has 1 heterocycles. The molecular formula is C21H29NO. The third-order valence-electron chi connectivity index (χ3n) is 4.22. The Morgan fingerprint density at radius 1 is 0.913 bits per heavy atom. The van der Waals surface area contributed by atoms with Gasteiger partial charge < -0.3 is 5.11 Å². The van der Waals surface area contributed by atoms with Crippen LogP contribution in [0.25, 0.3) is 10.9 Å². The SMILES string of the molecule is CCCCCCCCCC=CCc1ccc2cccc(O)c2n1. The molecule has 0 unspecified atom stereocenters. The quantitative estimate of drug-likeness (QED) is 0.420. The van der Waals surface area contributed by atoms with E-state index >= 15 is 0 Å². The summed E-state index contributed by atoms with van der Waals surface area (Å²) >= 11 is 0. The number of benzene rings is 1. The van der Waals surface area contributed by atoms with E-state index in [4.69, 9.17) is 0 Å². The zero-order valence-corrected chi connectivity index (χ0v) is 14.3. The van der Waals surface area contributed by atoms with Gasteiger partial charge in [-0.3, -0.25) is 0 Å². The number of nitrogens with zero attached hydrogens (tertiary/aromatic N) is 1. The number of hydrogen-bond donors (Lipinski definition) is 1. The Bertz CT molecular complexity index is 618. The zero-order chi connectivity index (χ0) is 16.3. The van der Waals surface area contributed by atoms with E-state index in [9.17, 15) is 5.11 Å². The summed E-state index contributed by atoms with van der Waals surface area (Å²) < 4.78 is 0. The highest BCUT2D eigenvalue weighted by Gasteiger charge is 2.01. The molecule has 1 aromatic carbocycles. The molecule has 23 heavy (non-hydrogen) atoms. The van der Waals surface area contributed by atoms with Gasteiger partial charge in [-0.2, -0.15) is 0 Å². The number of pyridine rings is 1. The van der Waals surface area contributed by atoms with Gasteiger partial charge in [-0.05, 0) is 25.0 Å². The molecule has 0 aliphatic carbocycles. The molecule has 124 valence electrons. The average Bonchev–Trinajstić information content (AvgIpc) is 2.57. The maximum atomic E-state index is 9.86. The van der Waals surface area contributed by atoms with E-state index in [0.29, 0.717) is 5.52 Å². The summed E-state index contributed by atoms with van der Waals surface area (Å²) in [5, 5.41) is 10.8. The number of allylic oxidation sites excluding steroid dienone is 2. The van der Waals surface area contributed by atoms with E-state index in [-0.39, 0.29) is 5.75 Å². The van der Waals surface area contributed by atoms with Crippen LogP contribution in [0.15, 0.2) is 42.5 Å². The van der Waals surface area contributed by atoms with Crippen molar-refractivity contribution in [1.29, 1.82) is 0 Å². The summed E-state index contributed by atoms with van der Waals surface area (Å²) in [4.78, 5) is 4.55.